The van der Waals surface area contributed by atoms with Crippen molar-refractivity contribution in [3.05, 3.63) is 23.9 Å². The Kier molecular flexibility index (Phi) is 5.29. The summed E-state index contributed by atoms with van der Waals surface area (Å²) in [5.74, 6) is 0.436. The molecule has 1 aromatic heterocycles. The van der Waals surface area contributed by atoms with Gasteiger partial charge < -0.3 is 4.90 Å². The highest BCUT2D eigenvalue weighted by atomic mass is 79.9. The number of hydrogen-bond acceptors (Lipinski definition) is 2. The van der Waals surface area contributed by atoms with Crippen molar-refractivity contribution in [3.63, 3.8) is 0 Å². The van der Waals surface area contributed by atoms with Gasteiger partial charge in [-0.25, -0.2) is 4.98 Å². The predicted molar refractivity (Wildman–Crippen MR) is 77.3 cm³/mol. The zero-order valence-corrected chi connectivity index (χ0v) is 12.8. The van der Waals surface area contributed by atoms with Crippen molar-refractivity contribution in [2.24, 2.45) is 0 Å². The molecule has 1 aliphatic rings. The van der Waals surface area contributed by atoms with Gasteiger partial charge in [-0.15, -0.1) is 0 Å². The second kappa shape index (κ2) is 6.78. The topological polar surface area (TPSA) is 16.1 Å². The van der Waals surface area contributed by atoms with Gasteiger partial charge in [-0.1, -0.05) is 41.3 Å². The van der Waals surface area contributed by atoms with Crippen LogP contribution < -0.4 is 4.90 Å². The van der Waals surface area contributed by atoms with Crippen molar-refractivity contribution < 1.29 is 13.2 Å². The van der Waals surface area contributed by atoms with E-state index in [1.165, 1.54) is 12.5 Å². The number of hydrogen-bond donors (Lipinski definition) is 0. The maximum Gasteiger partial charge on any atom is 0.433 e. The molecule has 2 rings (SSSR count). The van der Waals surface area contributed by atoms with Gasteiger partial charge in [-0.3, -0.25) is 0 Å². The molecule has 0 amide bonds. The number of rotatable bonds is 4. The van der Waals surface area contributed by atoms with Crippen LogP contribution in [0.2, 0.25) is 0 Å². The van der Waals surface area contributed by atoms with Crippen molar-refractivity contribution in [1.29, 1.82) is 0 Å². The first kappa shape index (κ1) is 15.6. The molecular weight excluding hydrogens is 333 g/mol. The van der Waals surface area contributed by atoms with Crippen molar-refractivity contribution in [2.45, 2.75) is 44.3 Å². The monoisotopic (exact) mass is 350 g/mol. The molecule has 0 aromatic carbocycles. The number of aromatic nitrogens is 1. The fourth-order valence-electron chi connectivity index (χ4n) is 2.71. The summed E-state index contributed by atoms with van der Waals surface area (Å²) in [6, 6.07) is 4.44. The lowest BCUT2D eigenvalue weighted by Gasteiger charge is -2.35. The molecular formula is C14H18BrF3N2. The second-order valence-corrected chi connectivity index (χ2v) is 5.85. The molecule has 2 nitrogen and oxygen atoms in total. The van der Waals surface area contributed by atoms with Crippen LogP contribution in [0.25, 0.3) is 0 Å². The van der Waals surface area contributed by atoms with Crippen LogP contribution in [0.1, 0.15) is 37.8 Å². The minimum Gasteiger partial charge on any atom is -0.353 e. The summed E-state index contributed by atoms with van der Waals surface area (Å²) in [4.78, 5) is 5.84. The van der Waals surface area contributed by atoms with Gasteiger partial charge >= 0.3 is 6.18 Å². The Bertz CT molecular complexity index is 431. The summed E-state index contributed by atoms with van der Waals surface area (Å²) < 4.78 is 38.3. The van der Waals surface area contributed by atoms with Crippen LogP contribution in [-0.4, -0.2) is 22.9 Å². The lowest BCUT2D eigenvalue weighted by molar-refractivity contribution is -0.141. The largest absolute Gasteiger partial charge is 0.433 e. The van der Waals surface area contributed by atoms with Crippen LogP contribution in [-0.2, 0) is 6.18 Å². The van der Waals surface area contributed by atoms with E-state index in [2.05, 4.69) is 20.9 Å². The average Bonchev–Trinajstić information content (AvgIpc) is 2.45. The first-order valence-electron chi connectivity index (χ1n) is 6.89. The molecule has 0 aliphatic heterocycles. The van der Waals surface area contributed by atoms with Crippen LogP contribution in [0.5, 0.6) is 0 Å². The van der Waals surface area contributed by atoms with E-state index in [9.17, 15) is 13.2 Å². The summed E-state index contributed by atoms with van der Waals surface area (Å²) >= 11 is 3.38. The Morgan fingerprint density at radius 3 is 2.50 bits per heavy atom. The Labute approximate surface area is 125 Å². The van der Waals surface area contributed by atoms with Crippen LogP contribution in [0.3, 0.4) is 0 Å². The van der Waals surface area contributed by atoms with E-state index in [1.54, 1.807) is 6.07 Å². The van der Waals surface area contributed by atoms with E-state index in [0.717, 1.165) is 37.1 Å². The Hall–Kier alpha value is -0.780. The third-order valence-corrected chi connectivity index (χ3v) is 4.01. The maximum atomic E-state index is 12.8. The first-order chi connectivity index (χ1) is 9.52. The highest BCUT2D eigenvalue weighted by molar-refractivity contribution is 9.09. The normalized spacial score (nSPS) is 17.2. The van der Waals surface area contributed by atoms with E-state index in [-0.39, 0.29) is 0 Å². The van der Waals surface area contributed by atoms with Crippen LogP contribution in [0.15, 0.2) is 18.2 Å². The zero-order valence-electron chi connectivity index (χ0n) is 11.2. The molecule has 1 saturated carbocycles. The highest BCUT2D eigenvalue weighted by Crippen LogP contribution is 2.31. The van der Waals surface area contributed by atoms with Crippen molar-refractivity contribution in [3.8, 4) is 0 Å². The Balaban J connectivity index is 2.24. The molecule has 0 spiro atoms. The summed E-state index contributed by atoms with van der Waals surface area (Å²) in [5.41, 5.74) is -0.814. The number of anilines is 1. The molecule has 0 atom stereocenters. The average molecular weight is 351 g/mol. The van der Waals surface area contributed by atoms with Gasteiger partial charge in [-0.05, 0) is 25.0 Å². The fourth-order valence-corrected chi connectivity index (χ4v) is 3.09. The highest BCUT2D eigenvalue weighted by Gasteiger charge is 2.33. The van der Waals surface area contributed by atoms with Gasteiger partial charge in [0.05, 0.1) is 0 Å². The summed E-state index contributed by atoms with van der Waals surface area (Å²) in [5, 5.41) is 0.724. The van der Waals surface area contributed by atoms with Crippen molar-refractivity contribution in [2.75, 3.05) is 16.8 Å². The van der Waals surface area contributed by atoms with Crippen LogP contribution in [0.4, 0.5) is 19.0 Å². The van der Waals surface area contributed by atoms with Gasteiger partial charge in [0.25, 0.3) is 0 Å². The van der Waals surface area contributed by atoms with Gasteiger partial charge in [-0.2, -0.15) is 13.2 Å². The van der Waals surface area contributed by atoms with E-state index >= 15 is 0 Å². The molecule has 112 valence electrons. The van der Waals surface area contributed by atoms with Crippen LogP contribution in [0, 0.1) is 0 Å². The maximum absolute atomic E-state index is 12.8. The Morgan fingerprint density at radius 2 is 1.90 bits per heavy atom. The lowest BCUT2D eigenvalue weighted by atomic mass is 9.94. The van der Waals surface area contributed by atoms with Gasteiger partial charge in [0.1, 0.15) is 11.5 Å². The van der Waals surface area contributed by atoms with Crippen molar-refractivity contribution >= 4 is 21.7 Å². The third-order valence-electron chi connectivity index (χ3n) is 3.66. The molecule has 6 heteroatoms. The van der Waals surface area contributed by atoms with Gasteiger partial charge in [0.15, 0.2) is 0 Å². The number of nitrogens with zero attached hydrogens (tertiary/aromatic N) is 2. The van der Waals surface area contributed by atoms with E-state index in [0.29, 0.717) is 18.4 Å². The molecule has 1 aromatic rings. The van der Waals surface area contributed by atoms with E-state index < -0.39 is 11.9 Å². The molecule has 0 radical (unpaired) electrons. The molecule has 0 saturated heterocycles. The van der Waals surface area contributed by atoms with Gasteiger partial charge in [0.2, 0.25) is 0 Å². The third kappa shape index (κ3) is 3.87. The zero-order chi connectivity index (χ0) is 14.6. The minimum atomic E-state index is -4.39. The fraction of sp³-hybridized carbons (Fsp3) is 0.643. The molecule has 0 N–H and O–H groups in total. The number of halogens is 4. The number of pyridine rings is 1. The van der Waals surface area contributed by atoms with E-state index in [1.807, 2.05) is 4.90 Å². The van der Waals surface area contributed by atoms with E-state index in [4.69, 9.17) is 0 Å². The molecule has 1 fully saturated rings. The van der Waals surface area contributed by atoms with Gasteiger partial charge in [0, 0.05) is 17.9 Å². The predicted octanol–water partition coefficient (Wildman–Crippen LogP) is 4.63. The molecule has 1 heterocycles. The summed E-state index contributed by atoms with van der Waals surface area (Å²) in [6.45, 7) is 0.680. The lowest BCUT2D eigenvalue weighted by Crippen LogP contribution is -2.39. The summed E-state index contributed by atoms with van der Waals surface area (Å²) in [7, 11) is 0. The molecule has 20 heavy (non-hydrogen) atoms. The molecule has 0 bridgehead atoms. The molecule has 0 unspecified atom stereocenters. The number of alkyl halides is 4. The quantitative estimate of drug-likeness (QED) is 0.735. The Morgan fingerprint density at radius 1 is 1.20 bits per heavy atom. The standard InChI is InChI=1S/C14H18BrF3N2/c15-9-10-20(11-5-2-1-3-6-11)13-8-4-7-12(19-13)14(16,17)18/h4,7-8,11H,1-3,5-6,9-10H2. The first-order valence-corrected chi connectivity index (χ1v) is 8.01. The van der Waals surface area contributed by atoms with Crippen LogP contribution >= 0.6 is 15.9 Å². The second-order valence-electron chi connectivity index (χ2n) is 5.05. The smallest absolute Gasteiger partial charge is 0.353 e. The minimum absolute atomic E-state index is 0.303. The SMILES string of the molecule is FC(F)(F)c1cccc(N(CCBr)C2CCCCC2)n1. The summed E-state index contributed by atoms with van der Waals surface area (Å²) in [6.07, 6.45) is 1.18. The van der Waals surface area contributed by atoms with Crippen molar-refractivity contribution in [1.82, 2.24) is 4.98 Å². The molecule has 1 aliphatic carbocycles.